The fourth-order valence-electron chi connectivity index (χ4n) is 0.943. The van der Waals surface area contributed by atoms with E-state index in [0.717, 1.165) is 0 Å². The van der Waals surface area contributed by atoms with Crippen LogP contribution >= 0.6 is 0 Å². The van der Waals surface area contributed by atoms with E-state index in [9.17, 15) is 26.7 Å². The van der Waals surface area contributed by atoms with E-state index in [4.69, 9.17) is 15.0 Å². The molecule has 0 bridgehead atoms. The number of nitrogens with one attached hydrogen (secondary N) is 1. The standard InChI is InChI=1S/C6H9F2NO2.C2HF3O2/c7-6(8,5(10)11)1-4-2-9-3-4;3-2(4,5)1(6)7/h4,9H,1-3H2,(H,10,11);(H,6,7). The Morgan fingerprint density at radius 3 is 1.61 bits per heavy atom. The van der Waals surface area contributed by atoms with E-state index in [1.165, 1.54) is 0 Å². The third-order valence-electron chi connectivity index (χ3n) is 1.97. The van der Waals surface area contributed by atoms with E-state index < -0.39 is 30.5 Å². The molecule has 106 valence electrons. The SMILES string of the molecule is O=C(O)C(F)(F)CC1CNC1.O=C(O)C(F)(F)F. The number of carbonyl (C=O) groups is 2. The molecule has 0 unspecified atom stereocenters. The lowest BCUT2D eigenvalue weighted by molar-refractivity contribution is -0.192. The van der Waals surface area contributed by atoms with Crippen LogP contribution < -0.4 is 5.32 Å². The van der Waals surface area contributed by atoms with Crippen LogP contribution in [-0.4, -0.2) is 47.3 Å². The molecule has 1 rings (SSSR count). The second-order valence-corrected chi connectivity index (χ2v) is 3.54. The van der Waals surface area contributed by atoms with E-state index in [1.54, 1.807) is 0 Å². The minimum atomic E-state index is -5.08. The summed E-state index contributed by atoms with van der Waals surface area (Å²) in [6, 6.07) is 0. The third kappa shape index (κ3) is 5.75. The van der Waals surface area contributed by atoms with Crippen molar-refractivity contribution in [2.75, 3.05) is 13.1 Å². The van der Waals surface area contributed by atoms with Crippen molar-refractivity contribution in [1.82, 2.24) is 5.32 Å². The van der Waals surface area contributed by atoms with E-state index in [0.29, 0.717) is 13.1 Å². The predicted molar refractivity (Wildman–Crippen MR) is 47.3 cm³/mol. The van der Waals surface area contributed by atoms with E-state index >= 15 is 0 Å². The summed E-state index contributed by atoms with van der Waals surface area (Å²) in [5, 5.41) is 18.0. The molecule has 0 aromatic carbocycles. The van der Waals surface area contributed by atoms with Gasteiger partial charge >= 0.3 is 24.0 Å². The molecule has 1 fully saturated rings. The molecular formula is C8H10F5NO4. The van der Waals surface area contributed by atoms with Gasteiger partial charge in [0.15, 0.2) is 0 Å². The first kappa shape index (κ1) is 16.6. The van der Waals surface area contributed by atoms with Crippen LogP contribution in [0.3, 0.4) is 0 Å². The smallest absolute Gasteiger partial charge is 0.477 e. The average Bonchev–Trinajstić information content (AvgIpc) is 2.11. The van der Waals surface area contributed by atoms with Gasteiger partial charge in [0.25, 0.3) is 0 Å². The molecule has 1 saturated heterocycles. The number of aliphatic carboxylic acids is 2. The summed E-state index contributed by atoms with van der Waals surface area (Å²) in [6.45, 7) is 1.01. The topological polar surface area (TPSA) is 86.6 Å². The molecule has 3 N–H and O–H groups in total. The van der Waals surface area contributed by atoms with Gasteiger partial charge in [-0.15, -0.1) is 0 Å². The van der Waals surface area contributed by atoms with Crippen molar-refractivity contribution in [3.8, 4) is 0 Å². The van der Waals surface area contributed by atoms with Crippen molar-refractivity contribution >= 4 is 11.9 Å². The largest absolute Gasteiger partial charge is 0.490 e. The number of hydrogen-bond donors (Lipinski definition) is 3. The van der Waals surface area contributed by atoms with E-state index in [2.05, 4.69) is 5.32 Å². The Labute approximate surface area is 97.6 Å². The highest BCUT2D eigenvalue weighted by Gasteiger charge is 2.42. The van der Waals surface area contributed by atoms with Crippen LogP contribution in [0, 0.1) is 5.92 Å². The number of alkyl halides is 5. The Morgan fingerprint density at radius 1 is 1.06 bits per heavy atom. The molecule has 0 aromatic rings. The van der Waals surface area contributed by atoms with Gasteiger partial charge in [0, 0.05) is 6.42 Å². The molecule has 0 saturated carbocycles. The second kappa shape index (κ2) is 5.94. The lowest BCUT2D eigenvalue weighted by Crippen LogP contribution is -2.46. The Balaban J connectivity index is 0.000000360. The number of halogens is 5. The van der Waals surface area contributed by atoms with Gasteiger partial charge in [0.1, 0.15) is 0 Å². The van der Waals surface area contributed by atoms with Crippen LogP contribution in [0.1, 0.15) is 6.42 Å². The lowest BCUT2D eigenvalue weighted by Gasteiger charge is -2.28. The first-order valence-electron chi connectivity index (χ1n) is 4.59. The van der Waals surface area contributed by atoms with Crippen LogP contribution in [0.5, 0.6) is 0 Å². The van der Waals surface area contributed by atoms with Crippen molar-refractivity contribution < 1.29 is 41.8 Å². The molecule has 0 spiro atoms. The van der Waals surface area contributed by atoms with Gasteiger partial charge in [-0.3, -0.25) is 0 Å². The minimum absolute atomic E-state index is 0.180. The number of carboxylic acids is 2. The molecular weight excluding hydrogens is 269 g/mol. The second-order valence-electron chi connectivity index (χ2n) is 3.54. The maximum Gasteiger partial charge on any atom is 0.490 e. The molecule has 1 aliphatic heterocycles. The van der Waals surface area contributed by atoms with Crippen LogP contribution in [0.15, 0.2) is 0 Å². The maximum absolute atomic E-state index is 12.4. The summed E-state index contributed by atoms with van der Waals surface area (Å²) >= 11 is 0. The molecule has 1 heterocycles. The molecule has 0 radical (unpaired) electrons. The first-order valence-corrected chi connectivity index (χ1v) is 4.59. The summed E-state index contributed by atoms with van der Waals surface area (Å²) in [4.78, 5) is 18.8. The van der Waals surface area contributed by atoms with Gasteiger partial charge in [0.05, 0.1) is 0 Å². The minimum Gasteiger partial charge on any atom is -0.477 e. The Bertz CT molecular complexity index is 313. The molecule has 1 aliphatic rings. The van der Waals surface area contributed by atoms with Crippen LogP contribution in [0.2, 0.25) is 0 Å². The van der Waals surface area contributed by atoms with Crippen LogP contribution in [0.4, 0.5) is 22.0 Å². The fraction of sp³-hybridized carbons (Fsp3) is 0.750. The van der Waals surface area contributed by atoms with Crippen molar-refractivity contribution in [1.29, 1.82) is 0 Å². The summed E-state index contributed by atoms with van der Waals surface area (Å²) in [6.07, 6.45) is -5.63. The number of carboxylic acid groups (broad SMARTS) is 2. The van der Waals surface area contributed by atoms with Gasteiger partial charge in [-0.05, 0) is 19.0 Å². The average molecular weight is 279 g/mol. The first-order chi connectivity index (χ1) is 7.97. The maximum atomic E-state index is 12.4. The molecule has 0 atom stereocenters. The summed E-state index contributed by atoms with van der Waals surface area (Å²) in [5.41, 5.74) is 0. The van der Waals surface area contributed by atoms with Crippen molar-refractivity contribution in [3.05, 3.63) is 0 Å². The highest BCUT2D eigenvalue weighted by molar-refractivity contribution is 5.75. The summed E-state index contributed by atoms with van der Waals surface area (Å²) < 4.78 is 56.5. The molecule has 0 aromatic heterocycles. The van der Waals surface area contributed by atoms with Gasteiger partial charge in [-0.2, -0.15) is 22.0 Å². The number of rotatable bonds is 3. The zero-order valence-corrected chi connectivity index (χ0v) is 8.80. The lowest BCUT2D eigenvalue weighted by atomic mass is 9.95. The highest BCUT2D eigenvalue weighted by Crippen LogP contribution is 2.25. The third-order valence-corrected chi connectivity index (χ3v) is 1.97. The molecule has 10 heteroatoms. The molecule has 18 heavy (non-hydrogen) atoms. The van der Waals surface area contributed by atoms with Crippen molar-refractivity contribution in [2.24, 2.45) is 5.92 Å². The zero-order chi connectivity index (χ0) is 14.6. The Kier molecular flexibility index (Phi) is 5.46. The van der Waals surface area contributed by atoms with Gasteiger partial charge < -0.3 is 15.5 Å². The zero-order valence-electron chi connectivity index (χ0n) is 8.80. The van der Waals surface area contributed by atoms with Gasteiger partial charge in [-0.25, -0.2) is 9.59 Å². The van der Waals surface area contributed by atoms with Crippen molar-refractivity contribution in [3.63, 3.8) is 0 Å². The summed E-state index contributed by atoms with van der Waals surface area (Å²) in [5.74, 6) is -8.51. The van der Waals surface area contributed by atoms with Crippen molar-refractivity contribution in [2.45, 2.75) is 18.5 Å². The Hall–Kier alpha value is -1.45. The van der Waals surface area contributed by atoms with E-state index in [1.807, 2.05) is 0 Å². The van der Waals surface area contributed by atoms with Crippen LogP contribution in [0.25, 0.3) is 0 Å². The Morgan fingerprint density at radius 2 is 1.44 bits per heavy atom. The highest BCUT2D eigenvalue weighted by atomic mass is 19.4. The number of hydrogen-bond acceptors (Lipinski definition) is 3. The van der Waals surface area contributed by atoms with Gasteiger partial charge in [-0.1, -0.05) is 0 Å². The molecule has 0 aliphatic carbocycles. The molecule has 0 amide bonds. The normalized spacial score (nSPS) is 16.3. The quantitative estimate of drug-likeness (QED) is 0.669. The van der Waals surface area contributed by atoms with Crippen LogP contribution in [-0.2, 0) is 9.59 Å². The van der Waals surface area contributed by atoms with E-state index in [-0.39, 0.29) is 5.92 Å². The molecule has 5 nitrogen and oxygen atoms in total. The monoisotopic (exact) mass is 279 g/mol. The van der Waals surface area contributed by atoms with Gasteiger partial charge in [0.2, 0.25) is 0 Å². The fourth-order valence-corrected chi connectivity index (χ4v) is 0.943. The summed E-state index contributed by atoms with van der Waals surface area (Å²) in [7, 11) is 0. The predicted octanol–water partition coefficient (Wildman–Crippen LogP) is 0.949.